The lowest BCUT2D eigenvalue weighted by Gasteiger charge is -2.23. The van der Waals surface area contributed by atoms with Gasteiger partial charge in [0.25, 0.3) is 0 Å². The Balaban J connectivity index is 0. The van der Waals surface area contributed by atoms with Crippen LogP contribution in [-0.2, 0) is 10.7 Å². The fourth-order valence-corrected chi connectivity index (χ4v) is 2.88. The molecule has 0 bridgehead atoms. The lowest BCUT2D eigenvalue weighted by atomic mass is 9.93. The highest BCUT2D eigenvalue weighted by molar-refractivity contribution is 7.53. The Labute approximate surface area is 192 Å². The third-order valence-corrected chi connectivity index (χ3v) is 5.70. The van der Waals surface area contributed by atoms with Gasteiger partial charge in [-0.25, -0.2) is 4.31 Å². The van der Waals surface area contributed by atoms with E-state index in [1.165, 1.54) is 44.9 Å². The number of aryl methyl sites for hydroxylation is 1. The Morgan fingerprint density at radius 1 is 0.719 bits per heavy atom. The molecule has 0 spiro atoms. The third kappa shape index (κ3) is 19.0. The van der Waals surface area contributed by atoms with Crippen molar-refractivity contribution in [3.05, 3.63) is 29.8 Å². The summed E-state index contributed by atoms with van der Waals surface area (Å²) in [6.45, 7) is 0.623. The Morgan fingerprint density at radius 3 is 1.50 bits per heavy atom. The van der Waals surface area contributed by atoms with E-state index < -0.39 is 49.0 Å². The number of aromatic hydroxyl groups is 1. The van der Waals surface area contributed by atoms with E-state index in [1.54, 1.807) is 6.07 Å². The van der Waals surface area contributed by atoms with Gasteiger partial charge in [-0.2, -0.15) is 0 Å². The number of unbranched alkanes of at least 4 members (excludes halogenated alkanes) is 6. The second-order valence-corrected chi connectivity index (χ2v) is 8.88. The summed E-state index contributed by atoms with van der Waals surface area (Å²) in [5, 5.41) is 43.6. The van der Waals surface area contributed by atoms with Crippen LogP contribution in [0.1, 0.15) is 57.4 Å². The molecule has 0 amide bonds. The van der Waals surface area contributed by atoms with E-state index in [2.05, 4.69) is 11.2 Å². The van der Waals surface area contributed by atoms with Crippen molar-refractivity contribution in [3.63, 3.8) is 0 Å². The maximum absolute atomic E-state index is 9.58. The number of phenols is 1. The molecule has 0 fully saturated rings. The van der Waals surface area contributed by atoms with Crippen molar-refractivity contribution >= 4 is 17.2 Å². The molecule has 32 heavy (non-hydrogen) atoms. The molecule has 0 atom stereocenters. The van der Waals surface area contributed by atoms with Crippen LogP contribution in [0.3, 0.4) is 0 Å². The number of para-hydroxylation sites is 1. The second kappa shape index (κ2) is 22.3. The second-order valence-electron chi connectivity index (χ2n) is 7.22. The Kier molecular flexibility index (Phi) is 23.5. The Morgan fingerprint density at radius 2 is 1.16 bits per heavy atom. The lowest BCUT2D eigenvalue weighted by molar-refractivity contribution is -0.0328. The zero-order chi connectivity index (χ0) is 24.8. The van der Waals surface area contributed by atoms with E-state index in [0.29, 0.717) is 5.75 Å². The van der Waals surface area contributed by atoms with Gasteiger partial charge in [0.1, 0.15) is 5.75 Å². The van der Waals surface area contributed by atoms with Crippen LogP contribution in [0.15, 0.2) is 24.3 Å². The van der Waals surface area contributed by atoms with Gasteiger partial charge in [-0.05, 0) is 24.5 Å². The van der Waals surface area contributed by atoms with Gasteiger partial charge in [0.15, 0.2) is 0 Å². The van der Waals surface area contributed by atoms with Gasteiger partial charge < -0.3 is 45.1 Å². The minimum atomic E-state index is -2.61. The van der Waals surface area contributed by atoms with E-state index in [-0.39, 0.29) is 0 Å². The molecule has 12 heteroatoms. The van der Waals surface area contributed by atoms with Gasteiger partial charge in [-0.3, -0.25) is 0 Å². The number of hydrogen-bond donors (Lipinski definition) is 9. The first kappa shape index (κ1) is 33.7. The molecular weight excluding hydrogens is 462 g/mol. The zero-order valence-electron chi connectivity index (χ0n) is 18.6. The highest BCUT2D eigenvalue weighted by Crippen LogP contribution is 2.41. The molecule has 0 unspecified atom stereocenters. The van der Waals surface area contributed by atoms with Crippen LogP contribution in [0.4, 0.5) is 0 Å². The molecule has 0 heterocycles. The van der Waals surface area contributed by atoms with E-state index in [0.717, 1.165) is 12.0 Å². The summed E-state index contributed by atoms with van der Waals surface area (Å²) in [6, 6.07) is 7.67. The summed E-state index contributed by atoms with van der Waals surface area (Å²) in [4.78, 5) is 31.3. The monoisotopic (exact) mass is 502 g/mol. The molecule has 9 N–H and O–H groups in total. The van der Waals surface area contributed by atoms with Crippen molar-refractivity contribution in [2.75, 3.05) is 26.4 Å². The Bertz CT molecular complexity index is 507. The van der Waals surface area contributed by atoms with Gasteiger partial charge in [0, 0.05) is 0 Å². The highest BCUT2D eigenvalue weighted by atomic mass is 31.2. The summed E-state index contributed by atoms with van der Waals surface area (Å²) in [7, 11) is -5.22. The molecule has 0 aliphatic rings. The first-order chi connectivity index (χ1) is 15.2. The molecular formula is C20H40O10P2. The van der Waals surface area contributed by atoms with E-state index >= 15 is 0 Å². The fourth-order valence-electron chi connectivity index (χ4n) is 2.36. The third-order valence-electron chi connectivity index (χ3n) is 4.53. The first-order valence-corrected chi connectivity index (χ1v) is 12.8. The van der Waals surface area contributed by atoms with Crippen LogP contribution in [0.5, 0.6) is 5.75 Å². The lowest BCUT2D eigenvalue weighted by Crippen LogP contribution is -2.37. The predicted molar refractivity (Wildman–Crippen MR) is 124 cm³/mol. The van der Waals surface area contributed by atoms with Crippen LogP contribution >= 0.6 is 17.2 Å². The molecule has 0 aromatic heterocycles. The van der Waals surface area contributed by atoms with Gasteiger partial charge >= 0.3 is 17.2 Å². The molecule has 1 aromatic carbocycles. The van der Waals surface area contributed by atoms with Crippen LogP contribution < -0.4 is 0 Å². The van der Waals surface area contributed by atoms with E-state index in [4.69, 9.17) is 40.0 Å². The number of aliphatic hydroxyl groups excluding tert-OH is 4. The number of benzene rings is 1. The summed E-state index contributed by atoms with van der Waals surface area (Å²) in [5.41, 5.74) is -0.0175. The van der Waals surface area contributed by atoms with E-state index in [1.807, 2.05) is 18.2 Å². The summed E-state index contributed by atoms with van der Waals surface area (Å²) < 4.78 is 3.60. The highest BCUT2D eigenvalue weighted by Gasteiger charge is 2.26. The van der Waals surface area contributed by atoms with Gasteiger partial charge in [0.05, 0.1) is 31.8 Å². The minimum absolute atomic E-state index is 0.406. The van der Waals surface area contributed by atoms with Gasteiger partial charge in [-0.15, -0.1) is 0 Å². The quantitative estimate of drug-likeness (QED) is 0.134. The van der Waals surface area contributed by atoms with E-state index in [9.17, 15) is 5.11 Å². The average Bonchev–Trinajstić information content (AvgIpc) is 2.76. The molecule has 0 radical (unpaired) electrons. The standard InChI is InChI=1S/C15H24O.C5H12O4.H4O5P2/c1-2-3-4-5-6-7-8-11-14-12-9-10-13-15(14)16;6-1-5(2-7,3-8)4-9;1-6(2)5-7(3)4/h9-10,12-13,16H,2-8,11H2,1H3;6-9H,1-4H2;1-4H. The number of rotatable bonds is 14. The minimum Gasteiger partial charge on any atom is -0.508 e. The predicted octanol–water partition coefficient (Wildman–Crippen LogP) is 2.05. The van der Waals surface area contributed by atoms with Crippen LogP contribution in [-0.4, -0.2) is 71.5 Å². The Hall–Kier alpha value is -0.480. The summed E-state index contributed by atoms with van der Waals surface area (Å²) >= 11 is 0. The van der Waals surface area contributed by atoms with Crippen molar-refractivity contribution in [1.29, 1.82) is 0 Å². The maximum Gasteiger partial charge on any atom is 0.334 e. The van der Waals surface area contributed by atoms with Crippen molar-refractivity contribution in [2.24, 2.45) is 5.41 Å². The molecule has 0 saturated carbocycles. The van der Waals surface area contributed by atoms with Gasteiger partial charge in [-0.1, -0.05) is 63.6 Å². The number of phenolic OH excluding ortho intramolecular Hbond substituents is 1. The molecule has 0 aliphatic heterocycles. The largest absolute Gasteiger partial charge is 0.508 e. The van der Waals surface area contributed by atoms with Crippen molar-refractivity contribution in [2.45, 2.75) is 58.3 Å². The van der Waals surface area contributed by atoms with Crippen LogP contribution in [0.2, 0.25) is 0 Å². The molecule has 0 aliphatic carbocycles. The van der Waals surface area contributed by atoms with Crippen LogP contribution in [0.25, 0.3) is 0 Å². The summed E-state index contributed by atoms with van der Waals surface area (Å²) in [6.07, 6.45) is 10.3. The molecule has 1 aromatic rings. The topological polar surface area (TPSA) is 191 Å². The number of aliphatic hydroxyl groups is 4. The smallest absolute Gasteiger partial charge is 0.334 e. The molecule has 10 nitrogen and oxygen atoms in total. The van der Waals surface area contributed by atoms with Crippen molar-refractivity contribution in [1.82, 2.24) is 0 Å². The summed E-state index contributed by atoms with van der Waals surface area (Å²) in [5.74, 6) is 0.452. The molecule has 0 saturated heterocycles. The van der Waals surface area contributed by atoms with Gasteiger partial charge in [0.2, 0.25) is 0 Å². The fraction of sp³-hybridized carbons (Fsp3) is 0.700. The van der Waals surface area contributed by atoms with Crippen LogP contribution in [0, 0.1) is 5.41 Å². The first-order valence-electron chi connectivity index (χ1n) is 10.5. The normalized spacial score (nSPS) is 11.1. The number of hydrogen-bond acceptors (Lipinski definition) is 10. The SMILES string of the molecule is CCCCCCCCCc1ccccc1O.OCC(CO)(CO)CO.OP(O)OP(O)O. The van der Waals surface area contributed by atoms with Crippen molar-refractivity contribution in [3.8, 4) is 5.75 Å². The zero-order valence-corrected chi connectivity index (χ0v) is 20.4. The van der Waals surface area contributed by atoms with Crippen molar-refractivity contribution < 1.29 is 49.4 Å². The maximum atomic E-state index is 9.58. The molecule has 190 valence electrons. The average molecular weight is 502 g/mol. The molecule has 1 rings (SSSR count).